The third-order valence-electron chi connectivity index (χ3n) is 5.07. The molecule has 0 saturated carbocycles. The molecule has 6 nitrogen and oxygen atoms in total. The molecule has 0 bridgehead atoms. The molecule has 0 spiro atoms. The normalized spacial score (nSPS) is 19.2. The van der Waals surface area contributed by atoms with E-state index < -0.39 is 42.4 Å². The highest BCUT2D eigenvalue weighted by molar-refractivity contribution is 6.31. The molecule has 0 amide bonds. The van der Waals surface area contributed by atoms with Crippen molar-refractivity contribution in [3.8, 4) is 5.75 Å². The van der Waals surface area contributed by atoms with Gasteiger partial charge in [0.25, 0.3) is 0 Å². The SMILES string of the molecule is CCOc1ccc(Cc2cc(C3C=C(OC(C)=O)C(F)(F)C(COC(C)=O)O3)ccc2Cl)cc1. The topological polar surface area (TPSA) is 71.1 Å². The van der Waals surface area contributed by atoms with Crippen LogP contribution in [0.2, 0.25) is 5.02 Å². The van der Waals surface area contributed by atoms with E-state index in [0.717, 1.165) is 36.8 Å². The fraction of sp³-hybridized carbons (Fsp3) is 0.360. The van der Waals surface area contributed by atoms with Crippen molar-refractivity contribution in [3.63, 3.8) is 0 Å². The third-order valence-corrected chi connectivity index (χ3v) is 5.43. The number of alkyl halides is 2. The van der Waals surface area contributed by atoms with Crippen LogP contribution in [-0.2, 0) is 30.2 Å². The van der Waals surface area contributed by atoms with Gasteiger partial charge in [-0.1, -0.05) is 35.9 Å². The van der Waals surface area contributed by atoms with Crippen LogP contribution in [0.15, 0.2) is 54.3 Å². The zero-order chi connectivity index (χ0) is 24.9. The molecule has 0 radical (unpaired) electrons. The molecule has 2 aromatic rings. The Labute approximate surface area is 201 Å². The molecule has 9 heteroatoms. The summed E-state index contributed by atoms with van der Waals surface area (Å²) in [5.74, 6) is -5.40. The molecule has 2 unspecified atom stereocenters. The average molecular weight is 495 g/mol. The number of carbonyl (C=O) groups excluding carboxylic acids is 2. The maximum absolute atomic E-state index is 14.9. The van der Waals surface area contributed by atoms with E-state index in [4.69, 9.17) is 30.5 Å². The van der Waals surface area contributed by atoms with Crippen molar-refractivity contribution in [2.45, 2.75) is 45.3 Å². The summed E-state index contributed by atoms with van der Waals surface area (Å²) in [6.07, 6.45) is -1.29. The van der Waals surface area contributed by atoms with Crippen LogP contribution in [0.4, 0.5) is 8.78 Å². The zero-order valence-corrected chi connectivity index (χ0v) is 19.7. The number of esters is 2. The molecule has 1 heterocycles. The quantitative estimate of drug-likeness (QED) is 0.457. The zero-order valence-electron chi connectivity index (χ0n) is 19.0. The second kappa shape index (κ2) is 11.0. The van der Waals surface area contributed by atoms with Crippen molar-refractivity contribution in [1.82, 2.24) is 0 Å². The van der Waals surface area contributed by atoms with Crippen molar-refractivity contribution in [2.75, 3.05) is 13.2 Å². The van der Waals surface area contributed by atoms with Gasteiger partial charge in [0, 0.05) is 18.9 Å². The van der Waals surface area contributed by atoms with Crippen LogP contribution in [0.5, 0.6) is 5.75 Å². The predicted molar refractivity (Wildman–Crippen MR) is 121 cm³/mol. The van der Waals surface area contributed by atoms with Crippen molar-refractivity contribution < 1.29 is 37.3 Å². The lowest BCUT2D eigenvalue weighted by Gasteiger charge is -2.35. The molecule has 3 rings (SSSR count). The Kier molecular flexibility index (Phi) is 8.28. The fourth-order valence-electron chi connectivity index (χ4n) is 3.47. The van der Waals surface area contributed by atoms with E-state index >= 15 is 0 Å². The van der Waals surface area contributed by atoms with Gasteiger partial charge < -0.3 is 18.9 Å². The Morgan fingerprint density at radius 2 is 1.79 bits per heavy atom. The minimum Gasteiger partial charge on any atom is -0.494 e. The van der Waals surface area contributed by atoms with Crippen molar-refractivity contribution >= 4 is 23.5 Å². The first-order valence-electron chi connectivity index (χ1n) is 10.7. The van der Waals surface area contributed by atoms with Gasteiger partial charge in [-0.05, 0) is 54.3 Å². The molecule has 182 valence electrons. The summed E-state index contributed by atoms with van der Waals surface area (Å²) in [4.78, 5) is 22.6. The summed E-state index contributed by atoms with van der Waals surface area (Å²) in [7, 11) is 0. The largest absolute Gasteiger partial charge is 0.494 e. The third kappa shape index (κ3) is 6.33. The summed E-state index contributed by atoms with van der Waals surface area (Å²) in [5.41, 5.74) is 2.25. The van der Waals surface area contributed by atoms with E-state index in [2.05, 4.69) is 0 Å². The Morgan fingerprint density at radius 3 is 2.41 bits per heavy atom. The lowest BCUT2D eigenvalue weighted by Crippen LogP contribution is -2.46. The van der Waals surface area contributed by atoms with Crippen molar-refractivity contribution in [1.29, 1.82) is 0 Å². The fourth-order valence-corrected chi connectivity index (χ4v) is 3.66. The molecule has 0 fully saturated rings. The van der Waals surface area contributed by atoms with Gasteiger partial charge in [-0.25, -0.2) is 0 Å². The predicted octanol–water partition coefficient (Wildman–Crippen LogP) is 5.41. The molecule has 0 N–H and O–H groups in total. The van der Waals surface area contributed by atoms with E-state index in [9.17, 15) is 18.4 Å². The van der Waals surface area contributed by atoms with Crippen LogP contribution < -0.4 is 4.74 Å². The molecule has 2 atom stereocenters. The Bertz CT molecular complexity index is 1070. The van der Waals surface area contributed by atoms with Gasteiger partial charge >= 0.3 is 17.9 Å². The molecule has 0 aliphatic carbocycles. The van der Waals surface area contributed by atoms with Gasteiger partial charge in [0.15, 0.2) is 11.9 Å². The van der Waals surface area contributed by atoms with Gasteiger partial charge in [-0.2, -0.15) is 8.78 Å². The maximum Gasteiger partial charge on any atom is 0.333 e. The van der Waals surface area contributed by atoms with E-state index in [-0.39, 0.29) is 0 Å². The highest BCUT2D eigenvalue weighted by Gasteiger charge is 2.51. The van der Waals surface area contributed by atoms with E-state index in [1.165, 1.54) is 0 Å². The molecule has 0 aromatic heterocycles. The van der Waals surface area contributed by atoms with Gasteiger partial charge in [-0.3, -0.25) is 9.59 Å². The van der Waals surface area contributed by atoms with Crippen molar-refractivity contribution in [3.05, 3.63) is 76.0 Å². The van der Waals surface area contributed by atoms with Crippen LogP contribution >= 0.6 is 11.6 Å². The number of carbonyl (C=O) groups is 2. The number of rotatable bonds is 8. The first kappa shape index (κ1) is 25.6. The van der Waals surface area contributed by atoms with Crippen LogP contribution in [0.25, 0.3) is 0 Å². The van der Waals surface area contributed by atoms with E-state index in [0.29, 0.717) is 23.6 Å². The number of halogens is 3. The molecule has 1 aliphatic rings. The lowest BCUT2D eigenvalue weighted by atomic mass is 9.97. The standard InChI is InChI=1S/C25H25ClF2O6/c1-4-31-20-8-5-17(6-9-20)11-19-12-18(7-10-21(19)26)22-13-23(33-16(3)30)25(27,28)24(34-22)14-32-15(2)29/h5-10,12-13,22,24H,4,11,14H2,1-3H3. The summed E-state index contributed by atoms with van der Waals surface area (Å²) in [6, 6.07) is 12.6. The van der Waals surface area contributed by atoms with Crippen LogP contribution in [0.1, 0.15) is 43.6 Å². The Hall–Kier alpha value is -2.97. The van der Waals surface area contributed by atoms with E-state index in [1.807, 2.05) is 31.2 Å². The van der Waals surface area contributed by atoms with Gasteiger partial charge in [0.05, 0.1) is 6.61 Å². The molecule has 0 saturated heterocycles. The molecule has 1 aliphatic heterocycles. The summed E-state index contributed by atoms with van der Waals surface area (Å²) in [6.45, 7) is 3.90. The number of hydrogen-bond donors (Lipinski definition) is 0. The number of hydrogen-bond acceptors (Lipinski definition) is 6. The van der Waals surface area contributed by atoms with Gasteiger partial charge in [0.1, 0.15) is 18.5 Å². The average Bonchev–Trinajstić information content (AvgIpc) is 2.77. The minimum atomic E-state index is -3.67. The minimum absolute atomic E-state index is 0.485. The summed E-state index contributed by atoms with van der Waals surface area (Å²) in [5, 5.41) is 0.499. The van der Waals surface area contributed by atoms with E-state index in [1.54, 1.807) is 18.2 Å². The van der Waals surface area contributed by atoms with Crippen LogP contribution in [0, 0.1) is 0 Å². The Balaban J connectivity index is 1.90. The lowest BCUT2D eigenvalue weighted by molar-refractivity contribution is -0.193. The van der Waals surface area contributed by atoms with Crippen LogP contribution in [-0.4, -0.2) is 37.2 Å². The Morgan fingerprint density at radius 1 is 1.09 bits per heavy atom. The smallest absolute Gasteiger partial charge is 0.333 e. The first-order valence-corrected chi connectivity index (χ1v) is 11.0. The molecular weight excluding hydrogens is 470 g/mol. The summed E-state index contributed by atoms with van der Waals surface area (Å²) < 4.78 is 50.3. The molecule has 34 heavy (non-hydrogen) atoms. The van der Waals surface area contributed by atoms with Gasteiger partial charge in [0.2, 0.25) is 0 Å². The molecular formula is C25H25ClF2O6. The number of ether oxygens (including phenoxy) is 4. The van der Waals surface area contributed by atoms with Gasteiger partial charge in [-0.15, -0.1) is 0 Å². The second-order valence-electron chi connectivity index (χ2n) is 7.70. The molecule has 2 aromatic carbocycles. The highest BCUT2D eigenvalue weighted by atomic mass is 35.5. The monoisotopic (exact) mass is 494 g/mol. The maximum atomic E-state index is 14.9. The van der Waals surface area contributed by atoms with Crippen molar-refractivity contribution in [2.24, 2.45) is 0 Å². The van der Waals surface area contributed by atoms with Crippen LogP contribution in [0.3, 0.4) is 0 Å². The highest BCUT2D eigenvalue weighted by Crippen LogP contribution is 2.41. The second-order valence-corrected chi connectivity index (χ2v) is 8.11. The number of benzene rings is 2. The summed E-state index contributed by atoms with van der Waals surface area (Å²) >= 11 is 6.39. The first-order chi connectivity index (χ1) is 16.1.